The van der Waals surface area contributed by atoms with Crippen LogP contribution in [-0.2, 0) is 4.74 Å². The van der Waals surface area contributed by atoms with Crippen LogP contribution >= 0.6 is 23.4 Å². The van der Waals surface area contributed by atoms with E-state index in [1.54, 1.807) is 11.4 Å². The average molecular weight is 336 g/mol. The summed E-state index contributed by atoms with van der Waals surface area (Å²) >= 11 is 7.35. The molecular formula is C15H14ClN3O2S. The fourth-order valence-corrected chi connectivity index (χ4v) is 2.90. The molecule has 0 unspecified atom stereocenters. The van der Waals surface area contributed by atoms with Crippen molar-refractivity contribution in [3.05, 3.63) is 41.0 Å². The largest absolute Gasteiger partial charge is 0.462 e. The number of aromatic nitrogens is 3. The monoisotopic (exact) mass is 335 g/mol. The van der Waals surface area contributed by atoms with Crippen molar-refractivity contribution in [3.63, 3.8) is 0 Å². The summed E-state index contributed by atoms with van der Waals surface area (Å²) in [4.78, 5) is 16.7. The number of halogens is 1. The zero-order chi connectivity index (χ0) is 15.7. The molecule has 2 heterocycles. The van der Waals surface area contributed by atoms with E-state index in [1.807, 2.05) is 36.7 Å². The number of thioether (sulfide) groups is 1. The smallest absolute Gasteiger partial charge is 0.344 e. The van der Waals surface area contributed by atoms with Crippen molar-refractivity contribution in [1.29, 1.82) is 0 Å². The maximum Gasteiger partial charge on any atom is 0.344 e. The fraction of sp³-hybridized carbons (Fsp3) is 0.200. The Kier molecular flexibility index (Phi) is 4.13. The number of benzene rings is 1. The molecule has 0 saturated carbocycles. The molecule has 0 atom stereocenters. The van der Waals surface area contributed by atoms with E-state index >= 15 is 0 Å². The van der Waals surface area contributed by atoms with Crippen molar-refractivity contribution in [2.45, 2.75) is 11.9 Å². The van der Waals surface area contributed by atoms with Crippen LogP contribution in [0.2, 0.25) is 5.02 Å². The number of ether oxygens (including phenoxy) is 1. The van der Waals surface area contributed by atoms with E-state index in [1.165, 1.54) is 11.8 Å². The lowest BCUT2D eigenvalue weighted by atomic mass is 10.2. The molecule has 0 spiro atoms. The zero-order valence-electron chi connectivity index (χ0n) is 12.1. The third kappa shape index (κ3) is 2.60. The van der Waals surface area contributed by atoms with Gasteiger partial charge in [0, 0.05) is 10.6 Å². The van der Waals surface area contributed by atoms with Gasteiger partial charge in [0.05, 0.1) is 18.5 Å². The molecule has 0 bridgehead atoms. The number of esters is 1. The second kappa shape index (κ2) is 6.06. The summed E-state index contributed by atoms with van der Waals surface area (Å²) in [6.45, 7) is 2.11. The predicted octanol–water partition coefficient (Wildman–Crippen LogP) is 3.88. The van der Waals surface area contributed by atoms with Crippen molar-refractivity contribution in [2.24, 2.45) is 0 Å². The number of hydrogen-bond donors (Lipinski definition) is 1. The maximum atomic E-state index is 12.2. The molecule has 0 fully saturated rings. The number of hydrogen-bond acceptors (Lipinski definition) is 4. The summed E-state index contributed by atoms with van der Waals surface area (Å²) in [6.07, 6.45) is 3.75. The number of aromatic amines is 1. The molecule has 0 aliphatic carbocycles. The standard InChI is InChI=1S/C15H14ClN3O2S/c1-3-21-15(20)12-13-17-11(8-19(13)18-14(12)22-2)9-4-6-10(16)7-5-9/h4-8,18H,3H2,1-2H3. The second-order valence-corrected chi connectivity index (χ2v) is 5.82. The molecule has 22 heavy (non-hydrogen) atoms. The lowest BCUT2D eigenvalue weighted by Crippen LogP contribution is -2.05. The lowest BCUT2D eigenvalue weighted by molar-refractivity contribution is 0.0524. The molecule has 0 aliphatic heterocycles. The minimum atomic E-state index is -0.369. The summed E-state index contributed by atoms with van der Waals surface area (Å²) < 4.78 is 6.86. The van der Waals surface area contributed by atoms with Crippen LogP contribution in [0.4, 0.5) is 0 Å². The molecule has 0 aliphatic rings. The van der Waals surface area contributed by atoms with Crippen LogP contribution in [0.5, 0.6) is 0 Å². The zero-order valence-corrected chi connectivity index (χ0v) is 13.7. The number of carbonyl (C=O) groups is 1. The first-order valence-corrected chi connectivity index (χ1v) is 8.32. The minimum Gasteiger partial charge on any atom is -0.462 e. The number of nitrogens with zero attached hydrogens (tertiary/aromatic N) is 2. The van der Waals surface area contributed by atoms with Crippen molar-refractivity contribution in [2.75, 3.05) is 12.9 Å². The molecule has 7 heteroatoms. The highest BCUT2D eigenvalue weighted by molar-refractivity contribution is 7.98. The van der Waals surface area contributed by atoms with Crippen LogP contribution in [0.3, 0.4) is 0 Å². The average Bonchev–Trinajstić information content (AvgIpc) is 3.05. The number of fused-ring (bicyclic) bond motifs is 1. The van der Waals surface area contributed by atoms with Crippen LogP contribution in [0, 0.1) is 0 Å². The number of imidazole rings is 1. The third-order valence-corrected chi connectivity index (χ3v) is 4.16. The first-order chi connectivity index (χ1) is 10.6. The van der Waals surface area contributed by atoms with Gasteiger partial charge in [-0.1, -0.05) is 23.7 Å². The highest BCUT2D eigenvalue weighted by Crippen LogP contribution is 2.27. The van der Waals surface area contributed by atoms with Crippen LogP contribution in [-0.4, -0.2) is 33.4 Å². The quantitative estimate of drug-likeness (QED) is 0.580. The van der Waals surface area contributed by atoms with Gasteiger partial charge < -0.3 is 4.74 Å². The molecule has 5 nitrogen and oxygen atoms in total. The first kappa shape index (κ1) is 15.0. The van der Waals surface area contributed by atoms with Crippen molar-refractivity contribution >= 4 is 35.0 Å². The molecule has 0 radical (unpaired) electrons. The molecule has 1 N–H and O–H groups in total. The van der Waals surface area contributed by atoms with E-state index < -0.39 is 0 Å². The van der Waals surface area contributed by atoms with Gasteiger partial charge >= 0.3 is 5.97 Å². The summed E-state index contributed by atoms with van der Waals surface area (Å²) in [5.41, 5.74) is 2.73. The maximum absolute atomic E-state index is 12.2. The molecule has 0 amide bonds. The third-order valence-electron chi connectivity index (χ3n) is 3.20. The highest BCUT2D eigenvalue weighted by Gasteiger charge is 2.22. The van der Waals surface area contributed by atoms with Gasteiger partial charge in [0.1, 0.15) is 10.6 Å². The summed E-state index contributed by atoms with van der Waals surface area (Å²) in [5.74, 6) is -0.369. The SMILES string of the molecule is CCOC(=O)c1c(SC)[nH]n2cc(-c3ccc(Cl)cc3)nc12. The van der Waals surface area contributed by atoms with Crippen LogP contribution in [0.15, 0.2) is 35.5 Å². The van der Waals surface area contributed by atoms with Gasteiger partial charge in [-0.25, -0.2) is 14.3 Å². The van der Waals surface area contributed by atoms with E-state index in [4.69, 9.17) is 16.3 Å². The van der Waals surface area contributed by atoms with Crippen LogP contribution in [0.25, 0.3) is 16.9 Å². The van der Waals surface area contributed by atoms with Gasteiger partial charge in [0.2, 0.25) is 0 Å². The van der Waals surface area contributed by atoms with Gasteiger partial charge in [-0.3, -0.25) is 5.10 Å². The number of H-pyrrole nitrogens is 1. The predicted molar refractivity (Wildman–Crippen MR) is 87.7 cm³/mol. The van der Waals surface area contributed by atoms with Gasteiger partial charge in [0.15, 0.2) is 5.65 Å². The Hall–Kier alpha value is -1.92. The first-order valence-electron chi connectivity index (χ1n) is 6.72. The Morgan fingerprint density at radius 1 is 1.41 bits per heavy atom. The summed E-state index contributed by atoms with van der Waals surface area (Å²) in [6, 6.07) is 7.40. The van der Waals surface area contributed by atoms with E-state index in [9.17, 15) is 4.79 Å². The molecular weight excluding hydrogens is 322 g/mol. The highest BCUT2D eigenvalue weighted by atomic mass is 35.5. The van der Waals surface area contributed by atoms with Crippen molar-refractivity contribution in [3.8, 4) is 11.3 Å². The van der Waals surface area contributed by atoms with E-state index in [0.29, 0.717) is 22.8 Å². The number of rotatable bonds is 4. The van der Waals surface area contributed by atoms with E-state index in [-0.39, 0.29) is 5.97 Å². The van der Waals surface area contributed by atoms with Crippen LogP contribution < -0.4 is 0 Å². The number of carbonyl (C=O) groups excluding carboxylic acids is 1. The number of nitrogens with one attached hydrogen (secondary N) is 1. The normalized spacial score (nSPS) is 11.0. The molecule has 1 aromatic carbocycles. The van der Waals surface area contributed by atoms with E-state index in [2.05, 4.69) is 10.1 Å². The van der Waals surface area contributed by atoms with Gasteiger partial charge in [0.25, 0.3) is 0 Å². The summed E-state index contributed by atoms with van der Waals surface area (Å²) in [7, 11) is 0. The Morgan fingerprint density at radius 3 is 2.77 bits per heavy atom. The van der Waals surface area contributed by atoms with Crippen molar-refractivity contribution in [1.82, 2.24) is 14.6 Å². The van der Waals surface area contributed by atoms with Gasteiger partial charge in [-0.05, 0) is 25.3 Å². The topological polar surface area (TPSA) is 59.4 Å². The van der Waals surface area contributed by atoms with E-state index in [0.717, 1.165) is 16.3 Å². The van der Waals surface area contributed by atoms with Crippen LogP contribution in [0.1, 0.15) is 17.3 Å². The second-order valence-electron chi connectivity index (χ2n) is 4.57. The van der Waals surface area contributed by atoms with Gasteiger partial charge in [-0.15, -0.1) is 11.8 Å². The molecule has 114 valence electrons. The van der Waals surface area contributed by atoms with Gasteiger partial charge in [-0.2, -0.15) is 0 Å². The summed E-state index contributed by atoms with van der Waals surface area (Å²) in [5, 5.41) is 4.56. The fourth-order valence-electron chi connectivity index (χ4n) is 2.20. The minimum absolute atomic E-state index is 0.328. The Bertz CT molecular complexity index is 823. The van der Waals surface area contributed by atoms with Crippen molar-refractivity contribution < 1.29 is 9.53 Å². The molecule has 3 rings (SSSR count). The molecule has 3 aromatic rings. The Morgan fingerprint density at radius 2 is 2.14 bits per heavy atom. The Balaban J connectivity index is 2.10. The lowest BCUT2D eigenvalue weighted by Gasteiger charge is -2.01. The Labute approximate surface area is 136 Å². The molecule has 2 aromatic heterocycles. The molecule has 0 saturated heterocycles.